The van der Waals surface area contributed by atoms with Crippen molar-refractivity contribution in [2.75, 3.05) is 26.2 Å². The number of rotatable bonds is 8. The number of hydrogen-bond donors (Lipinski definition) is 1. The number of hydrogen-bond acceptors (Lipinski definition) is 6. The monoisotopic (exact) mass is 388 g/mol. The van der Waals surface area contributed by atoms with Crippen molar-refractivity contribution < 1.29 is 19.1 Å². The van der Waals surface area contributed by atoms with Crippen LogP contribution in [0, 0.1) is 0 Å². The van der Waals surface area contributed by atoms with Crippen molar-refractivity contribution in [2.24, 2.45) is 7.05 Å². The summed E-state index contributed by atoms with van der Waals surface area (Å²) in [5.41, 5.74) is 0.136. The van der Waals surface area contributed by atoms with Gasteiger partial charge in [0.05, 0.1) is 24.0 Å². The van der Waals surface area contributed by atoms with Crippen molar-refractivity contribution in [3.05, 3.63) is 40.3 Å². The van der Waals surface area contributed by atoms with Gasteiger partial charge in [-0.3, -0.25) is 19.2 Å². The third kappa shape index (κ3) is 5.15. The topological polar surface area (TPSA) is 111 Å². The minimum atomic E-state index is -0.640. The Balaban J connectivity index is 2.02. The maximum atomic E-state index is 12.2. The highest BCUT2D eigenvalue weighted by molar-refractivity contribution is 5.88. The molecule has 1 N–H and O–H groups in total. The Morgan fingerprint density at radius 3 is 2.50 bits per heavy atom. The van der Waals surface area contributed by atoms with Gasteiger partial charge in [-0.1, -0.05) is 18.2 Å². The highest BCUT2D eigenvalue weighted by Gasteiger charge is 2.18. The van der Waals surface area contributed by atoms with Crippen molar-refractivity contribution in [2.45, 2.75) is 20.3 Å². The highest BCUT2D eigenvalue weighted by atomic mass is 16.5. The standard InChI is InChI=1S/C19H24N4O5/c1-4-20-16(24)11-23(5-2)17(25)12-28-18(26)10-15-13-8-6-7-9-14(13)19(27)22(3)21-15/h6-9H,4-5,10-12H2,1-3H3,(H,20,24). The molecule has 9 nitrogen and oxygen atoms in total. The van der Waals surface area contributed by atoms with E-state index in [-0.39, 0.29) is 24.4 Å². The van der Waals surface area contributed by atoms with Crippen LogP contribution in [0.25, 0.3) is 10.8 Å². The first-order chi connectivity index (χ1) is 13.4. The van der Waals surface area contributed by atoms with Gasteiger partial charge in [0.25, 0.3) is 11.5 Å². The molecule has 0 fully saturated rings. The zero-order chi connectivity index (χ0) is 20.7. The van der Waals surface area contributed by atoms with Crippen LogP contribution in [-0.4, -0.2) is 58.7 Å². The molecule has 28 heavy (non-hydrogen) atoms. The van der Waals surface area contributed by atoms with Gasteiger partial charge in [0.15, 0.2) is 6.61 Å². The van der Waals surface area contributed by atoms with Gasteiger partial charge in [-0.05, 0) is 19.9 Å². The number of likely N-dealkylation sites (N-methyl/N-ethyl adjacent to an activating group) is 2. The number of benzene rings is 1. The maximum Gasteiger partial charge on any atom is 0.312 e. The molecule has 150 valence electrons. The van der Waals surface area contributed by atoms with E-state index in [2.05, 4.69) is 10.4 Å². The predicted molar refractivity (Wildman–Crippen MR) is 103 cm³/mol. The van der Waals surface area contributed by atoms with Crippen molar-refractivity contribution in [1.29, 1.82) is 0 Å². The van der Waals surface area contributed by atoms with E-state index in [1.807, 2.05) is 0 Å². The van der Waals surface area contributed by atoms with Crippen LogP contribution in [0.1, 0.15) is 19.5 Å². The van der Waals surface area contributed by atoms with Crippen molar-refractivity contribution in [1.82, 2.24) is 20.0 Å². The lowest BCUT2D eigenvalue weighted by Gasteiger charge is -2.20. The van der Waals surface area contributed by atoms with Crippen LogP contribution in [-0.2, 0) is 32.6 Å². The molecule has 0 aliphatic heterocycles. The van der Waals surface area contributed by atoms with Gasteiger partial charge in [0, 0.05) is 25.5 Å². The third-order valence-electron chi connectivity index (χ3n) is 4.14. The Kier molecular flexibility index (Phi) is 7.25. The second-order valence-corrected chi connectivity index (χ2v) is 6.12. The Labute approximate surface area is 162 Å². The normalized spacial score (nSPS) is 10.5. The fourth-order valence-corrected chi connectivity index (χ4v) is 2.73. The van der Waals surface area contributed by atoms with Crippen LogP contribution < -0.4 is 10.9 Å². The summed E-state index contributed by atoms with van der Waals surface area (Å²) in [4.78, 5) is 49.4. The molecule has 1 heterocycles. The van der Waals surface area contributed by atoms with Gasteiger partial charge in [-0.25, -0.2) is 4.68 Å². The minimum Gasteiger partial charge on any atom is -0.455 e. The number of carbonyl (C=O) groups excluding carboxylic acids is 3. The maximum absolute atomic E-state index is 12.2. The molecule has 0 bridgehead atoms. The molecule has 9 heteroatoms. The summed E-state index contributed by atoms with van der Waals surface area (Å²) in [6.07, 6.45) is -0.176. The number of ether oxygens (including phenoxy) is 1. The molecular formula is C19H24N4O5. The second kappa shape index (κ2) is 9.63. The molecule has 2 aromatic rings. The first kappa shape index (κ1) is 21.1. The summed E-state index contributed by atoms with van der Waals surface area (Å²) in [6.45, 7) is 3.76. The Morgan fingerprint density at radius 2 is 1.86 bits per heavy atom. The molecule has 0 unspecified atom stereocenters. The highest BCUT2D eigenvalue weighted by Crippen LogP contribution is 2.13. The fourth-order valence-electron chi connectivity index (χ4n) is 2.73. The number of aryl methyl sites for hydroxylation is 1. The smallest absolute Gasteiger partial charge is 0.312 e. The van der Waals surface area contributed by atoms with E-state index in [0.29, 0.717) is 29.6 Å². The third-order valence-corrected chi connectivity index (χ3v) is 4.14. The van der Waals surface area contributed by atoms with Crippen LogP contribution >= 0.6 is 0 Å². The molecule has 2 rings (SSSR count). The molecule has 0 spiro atoms. The largest absolute Gasteiger partial charge is 0.455 e. The minimum absolute atomic E-state index is 0.0896. The Hall–Kier alpha value is -3.23. The average Bonchev–Trinajstić information content (AvgIpc) is 2.68. The number of aromatic nitrogens is 2. The Morgan fingerprint density at radius 1 is 1.18 bits per heavy atom. The zero-order valence-corrected chi connectivity index (χ0v) is 16.2. The molecule has 2 amide bonds. The molecular weight excluding hydrogens is 364 g/mol. The van der Waals surface area contributed by atoms with E-state index in [9.17, 15) is 19.2 Å². The average molecular weight is 388 g/mol. The lowest BCUT2D eigenvalue weighted by Crippen LogP contribution is -2.42. The van der Waals surface area contributed by atoms with Gasteiger partial charge in [0.2, 0.25) is 5.91 Å². The molecule has 0 aliphatic rings. The lowest BCUT2D eigenvalue weighted by atomic mass is 10.1. The SMILES string of the molecule is CCNC(=O)CN(CC)C(=O)COC(=O)Cc1nn(C)c(=O)c2ccccc12. The molecule has 0 radical (unpaired) electrons. The first-order valence-electron chi connectivity index (χ1n) is 9.02. The van der Waals surface area contributed by atoms with Crippen molar-refractivity contribution in [3.8, 4) is 0 Å². The van der Waals surface area contributed by atoms with E-state index in [1.165, 1.54) is 16.6 Å². The molecule has 0 saturated carbocycles. The Bertz CT molecular complexity index is 938. The predicted octanol–water partition coefficient (Wildman–Crippen LogP) is 0.00380. The quantitative estimate of drug-likeness (QED) is 0.638. The summed E-state index contributed by atoms with van der Waals surface area (Å²) < 4.78 is 6.23. The van der Waals surface area contributed by atoms with Crippen LogP contribution in [0.3, 0.4) is 0 Å². The zero-order valence-electron chi connectivity index (χ0n) is 16.2. The molecule has 0 saturated heterocycles. The van der Waals surface area contributed by atoms with E-state index in [1.54, 1.807) is 38.1 Å². The van der Waals surface area contributed by atoms with Gasteiger partial charge in [-0.2, -0.15) is 5.10 Å². The summed E-state index contributed by atoms with van der Waals surface area (Å²) in [6, 6.07) is 6.86. The van der Waals surface area contributed by atoms with Crippen LogP contribution in [0.5, 0.6) is 0 Å². The van der Waals surface area contributed by atoms with E-state index in [4.69, 9.17) is 4.74 Å². The van der Waals surface area contributed by atoms with E-state index < -0.39 is 18.5 Å². The first-order valence-corrected chi connectivity index (χ1v) is 9.02. The number of amides is 2. The second-order valence-electron chi connectivity index (χ2n) is 6.12. The van der Waals surface area contributed by atoms with Crippen molar-refractivity contribution >= 4 is 28.6 Å². The van der Waals surface area contributed by atoms with E-state index >= 15 is 0 Å². The molecule has 0 aliphatic carbocycles. The van der Waals surface area contributed by atoms with Crippen LogP contribution in [0.15, 0.2) is 29.1 Å². The summed E-state index contributed by atoms with van der Waals surface area (Å²) >= 11 is 0. The molecule has 0 atom stereocenters. The van der Waals surface area contributed by atoms with Crippen LogP contribution in [0.4, 0.5) is 0 Å². The summed E-state index contributed by atoms with van der Waals surface area (Å²) in [5.74, 6) is -1.37. The molecule has 1 aromatic heterocycles. The van der Waals surface area contributed by atoms with Gasteiger partial charge in [-0.15, -0.1) is 0 Å². The van der Waals surface area contributed by atoms with Gasteiger partial charge in [0.1, 0.15) is 0 Å². The number of esters is 1. The van der Waals surface area contributed by atoms with Crippen LogP contribution in [0.2, 0.25) is 0 Å². The summed E-state index contributed by atoms with van der Waals surface area (Å²) in [7, 11) is 1.51. The molecule has 1 aromatic carbocycles. The number of fused-ring (bicyclic) bond motifs is 1. The van der Waals surface area contributed by atoms with Crippen molar-refractivity contribution in [3.63, 3.8) is 0 Å². The van der Waals surface area contributed by atoms with E-state index in [0.717, 1.165) is 0 Å². The summed E-state index contributed by atoms with van der Waals surface area (Å²) in [5, 5.41) is 7.77. The fraction of sp³-hybridized carbons (Fsp3) is 0.421. The number of nitrogens with one attached hydrogen (secondary N) is 1. The lowest BCUT2D eigenvalue weighted by molar-refractivity contribution is -0.152. The number of carbonyl (C=O) groups is 3. The number of nitrogens with zero attached hydrogens (tertiary/aromatic N) is 3. The van der Waals surface area contributed by atoms with Gasteiger partial charge >= 0.3 is 5.97 Å². The van der Waals surface area contributed by atoms with Gasteiger partial charge < -0.3 is 15.0 Å².